The molecule has 1 fully saturated rings. The lowest BCUT2D eigenvalue weighted by atomic mass is 9.90. The van der Waals surface area contributed by atoms with Gasteiger partial charge in [-0.05, 0) is 43.7 Å². The number of nitrogens with zero attached hydrogens (tertiary/aromatic N) is 1. The zero-order valence-electron chi connectivity index (χ0n) is 12.4. The number of carbonyl (C=O) groups is 1. The van der Waals surface area contributed by atoms with Crippen molar-refractivity contribution >= 4 is 5.91 Å². The first-order valence-electron chi connectivity index (χ1n) is 7.47. The Balaban J connectivity index is 1.86. The number of ether oxygens (including phenoxy) is 1. The van der Waals surface area contributed by atoms with Crippen molar-refractivity contribution < 1.29 is 9.53 Å². The van der Waals surface area contributed by atoms with Crippen molar-refractivity contribution in [3.63, 3.8) is 0 Å². The zero-order chi connectivity index (χ0) is 14.4. The molecule has 1 amide bonds. The van der Waals surface area contributed by atoms with Crippen LogP contribution in [0.4, 0.5) is 0 Å². The van der Waals surface area contributed by atoms with Gasteiger partial charge in [0.25, 0.3) is 0 Å². The molecule has 0 radical (unpaired) electrons. The lowest BCUT2D eigenvalue weighted by molar-refractivity contribution is -0.121. The Hall–Kier alpha value is -1.42. The minimum absolute atomic E-state index is 0.0917. The molecule has 1 aliphatic heterocycles. The van der Waals surface area contributed by atoms with E-state index in [1.807, 2.05) is 19.1 Å². The average molecular weight is 276 g/mol. The van der Waals surface area contributed by atoms with Crippen LogP contribution in [0.25, 0.3) is 0 Å². The van der Waals surface area contributed by atoms with Crippen LogP contribution in [-0.2, 0) is 16.0 Å². The van der Waals surface area contributed by atoms with Crippen molar-refractivity contribution in [3.8, 4) is 0 Å². The van der Waals surface area contributed by atoms with Crippen LogP contribution in [-0.4, -0.2) is 30.1 Å². The summed E-state index contributed by atoms with van der Waals surface area (Å²) in [5.41, 5.74) is 1.94. The number of carbonyl (C=O) groups excluding carboxylic acids is 1. The molecule has 2 heterocycles. The number of amides is 1. The molecule has 2 rings (SSSR count). The van der Waals surface area contributed by atoms with E-state index in [0.717, 1.165) is 43.7 Å². The lowest BCUT2D eigenvalue weighted by Crippen LogP contribution is -2.42. The monoisotopic (exact) mass is 276 g/mol. The third-order valence-corrected chi connectivity index (χ3v) is 3.96. The average Bonchev–Trinajstić information content (AvgIpc) is 2.48. The van der Waals surface area contributed by atoms with Gasteiger partial charge in [-0.1, -0.05) is 13.0 Å². The Morgan fingerprint density at radius 1 is 1.45 bits per heavy atom. The highest BCUT2D eigenvalue weighted by molar-refractivity contribution is 5.78. The van der Waals surface area contributed by atoms with Crippen LogP contribution in [0.3, 0.4) is 0 Å². The second-order valence-corrected chi connectivity index (χ2v) is 5.52. The number of hydrogen-bond donors (Lipinski definition) is 1. The first kappa shape index (κ1) is 15.0. The normalized spacial score (nSPS) is 17.7. The van der Waals surface area contributed by atoms with Crippen LogP contribution in [0, 0.1) is 12.8 Å². The molecule has 1 saturated heterocycles. The SMILES string of the molecule is CCC(NC(=O)Cc1ccc(C)nc1)C1CCOCC1. The highest BCUT2D eigenvalue weighted by Gasteiger charge is 2.23. The van der Waals surface area contributed by atoms with E-state index in [2.05, 4.69) is 17.2 Å². The van der Waals surface area contributed by atoms with E-state index in [1.165, 1.54) is 0 Å². The molecule has 0 spiro atoms. The molecule has 0 saturated carbocycles. The van der Waals surface area contributed by atoms with Crippen LogP contribution in [0.15, 0.2) is 18.3 Å². The van der Waals surface area contributed by atoms with Crippen molar-refractivity contribution in [2.24, 2.45) is 5.92 Å². The highest BCUT2D eigenvalue weighted by atomic mass is 16.5. The van der Waals surface area contributed by atoms with Gasteiger partial charge in [-0.15, -0.1) is 0 Å². The summed E-state index contributed by atoms with van der Waals surface area (Å²) < 4.78 is 5.39. The Morgan fingerprint density at radius 3 is 2.80 bits per heavy atom. The maximum absolute atomic E-state index is 12.1. The molecule has 0 bridgehead atoms. The summed E-state index contributed by atoms with van der Waals surface area (Å²) in [5, 5.41) is 3.18. The van der Waals surface area contributed by atoms with E-state index < -0.39 is 0 Å². The molecule has 4 heteroatoms. The fourth-order valence-corrected chi connectivity index (χ4v) is 2.72. The summed E-state index contributed by atoms with van der Waals surface area (Å²) in [6.07, 6.45) is 5.26. The largest absolute Gasteiger partial charge is 0.381 e. The number of pyridine rings is 1. The van der Waals surface area contributed by atoms with Gasteiger partial charge in [-0.2, -0.15) is 0 Å². The van der Waals surface area contributed by atoms with Crippen LogP contribution in [0.1, 0.15) is 37.4 Å². The highest BCUT2D eigenvalue weighted by Crippen LogP contribution is 2.20. The maximum atomic E-state index is 12.1. The molecule has 1 atom stereocenters. The summed E-state index contributed by atoms with van der Waals surface area (Å²) in [5.74, 6) is 0.642. The quantitative estimate of drug-likeness (QED) is 0.897. The first-order chi connectivity index (χ1) is 9.69. The number of rotatable bonds is 5. The molecule has 4 nitrogen and oxygen atoms in total. The van der Waals surface area contributed by atoms with Crippen LogP contribution in [0.2, 0.25) is 0 Å². The van der Waals surface area contributed by atoms with E-state index in [9.17, 15) is 4.79 Å². The van der Waals surface area contributed by atoms with Gasteiger partial charge >= 0.3 is 0 Å². The third-order valence-electron chi connectivity index (χ3n) is 3.96. The molecule has 0 aliphatic carbocycles. The summed E-state index contributed by atoms with van der Waals surface area (Å²) in [7, 11) is 0. The summed E-state index contributed by atoms with van der Waals surface area (Å²) >= 11 is 0. The van der Waals surface area contributed by atoms with Gasteiger partial charge in [0.1, 0.15) is 0 Å². The fourth-order valence-electron chi connectivity index (χ4n) is 2.72. The van der Waals surface area contributed by atoms with Crippen LogP contribution < -0.4 is 5.32 Å². The van der Waals surface area contributed by atoms with Crippen molar-refractivity contribution in [1.29, 1.82) is 0 Å². The Kier molecular flexibility index (Phi) is 5.53. The smallest absolute Gasteiger partial charge is 0.224 e. The first-order valence-corrected chi connectivity index (χ1v) is 7.47. The van der Waals surface area contributed by atoms with Gasteiger partial charge in [-0.3, -0.25) is 9.78 Å². The van der Waals surface area contributed by atoms with Gasteiger partial charge in [0.15, 0.2) is 0 Å². The van der Waals surface area contributed by atoms with E-state index in [1.54, 1.807) is 6.20 Å². The number of aromatic nitrogens is 1. The molecule has 1 aliphatic rings. The zero-order valence-corrected chi connectivity index (χ0v) is 12.4. The van der Waals surface area contributed by atoms with E-state index in [0.29, 0.717) is 12.3 Å². The lowest BCUT2D eigenvalue weighted by Gasteiger charge is -2.30. The van der Waals surface area contributed by atoms with Gasteiger partial charge in [0.2, 0.25) is 5.91 Å². The van der Waals surface area contributed by atoms with Crippen molar-refractivity contribution in [2.45, 2.75) is 45.6 Å². The molecule has 1 aromatic rings. The third kappa shape index (κ3) is 4.30. The summed E-state index contributed by atoms with van der Waals surface area (Å²) in [6, 6.07) is 4.18. The number of nitrogens with one attached hydrogen (secondary N) is 1. The predicted octanol–water partition coefficient (Wildman–Crippen LogP) is 2.25. The molecule has 20 heavy (non-hydrogen) atoms. The van der Waals surface area contributed by atoms with Crippen molar-refractivity contribution in [2.75, 3.05) is 13.2 Å². The van der Waals surface area contributed by atoms with Gasteiger partial charge in [0.05, 0.1) is 6.42 Å². The van der Waals surface area contributed by atoms with Crippen LogP contribution >= 0.6 is 0 Å². The van der Waals surface area contributed by atoms with E-state index in [-0.39, 0.29) is 11.9 Å². The second kappa shape index (κ2) is 7.39. The number of hydrogen-bond acceptors (Lipinski definition) is 3. The van der Waals surface area contributed by atoms with E-state index in [4.69, 9.17) is 4.74 Å². The van der Waals surface area contributed by atoms with Gasteiger partial charge < -0.3 is 10.1 Å². The Morgan fingerprint density at radius 2 is 2.20 bits per heavy atom. The molecule has 1 N–H and O–H groups in total. The Bertz CT molecular complexity index is 425. The van der Waals surface area contributed by atoms with Crippen LogP contribution in [0.5, 0.6) is 0 Å². The molecule has 1 aromatic heterocycles. The molecule has 0 aromatic carbocycles. The standard InChI is InChI=1S/C16H24N2O2/c1-3-15(14-6-8-20-9-7-14)18-16(19)10-13-5-4-12(2)17-11-13/h4-5,11,14-15H,3,6-10H2,1-2H3,(H,18,19). The molecule has 1 unspecified atom stereocenters. The van der Waals surface area contributed by atoms with Gasteiger partial charge in [0, 0.05) is 31.1 Å². The van der Waals surface area contributed by atoms with E-state index >= 15 is 0 Å². The minimum Gasteiger partial charge on any atom is -0.381 e. The molecule has 110 valence electrons. The summed E-state index contributed by atoms with van der Waals surface area (Å²) in [4.78, 5) is 16.4. The Labute approximate surface area is 120 Å². The number of aryl methyl sites for hydroxylation is 1. The fraction of sp³-hybridized carbons (Fsp3) is 0.625. The topological polar surface area (TPSA) is 51.2 Å². The van der Waals surface area contributed by atoms with Crippen molar-refractivity contribution in [1.82, 2.24) is 10.3 Å². The summed E-state index contributed by atoms with van der Waals surface area (Å²) in [6.45, 7) is 5.72. The maximum Gasteiger partial charge on any atom is 0.224 e. The van der Waals surface area contributed by atoms with Crippen molar-refractivity contribution in [3.05, 3.63) is 29.6 Å². The predicted molar refractivity (Wildman–Crippen MR) is 78.4 cm³/mol. The minimum atomic E-state index is 0.0917. The second-order valence-electron chi connectivity index (χ2n) is 5.52. The molecular formula is C16H24N2O2. The van der Waals surface area contributed by atoms with Gasteiger partial charge in [-0.25, -0.2) is 0 Å². The molecular weight excluding hydrogens is 252 g/mol.